The van der Waals surface area contributed by atoms with Gasteiger partial charge in [-0.05, 0) is 35.8 Å². The van der Waals surface area contributed by atoms with Crippen molar-refractivity contribution in [3.8, 4) is 0 Å². The molecule has 0 fully saturated rings. The van der Waals surface area contributed by atoms with E-state index in [0.717, 1.165) is 11.1 Å². The van der Waals surface area contributed by atoms with Crippen LogP contribution in [0.2, 0.25) is 0 Å². The smallest absolute Gasteiger partial charge is 0.271 e. The van der Waals surface area contributed by atoms with Gasteiger partial charge in [0.1, 0.15) is 0 Å². The van der Waals surface area contributed by atoms with E-state index in [-0.39, 0.29) is 17.5 Å². The Morgan fingerprint density at radius 1 is 1.19 bits per heavy atom. The number of rotatable bonds is 4. The highest BCUT2D eigenvalue weighted by atomic mass is 16.6. The van der Waals surface area contributed by atoms with E-state index in [1.165, 1.54) is 25.1 Å². The summed E-state index contributed by atoms with van der Waals surface area (Å²) in [5.74, 6) is -0.375. The Balaban J connectivity index is 1.73. The number of non-ortho nitro benzene ring substituents is 1. The summed E-state index contributed by atoms with van der Waals surface area (Å²) >= 11 is 0. The first-order valence-corrected chi connectivity index (χ1v) is 8.08. The van der Waals surface area contributed by atoms with Gasteiger partial charge in [0.15, 0.2) is 0 Å². The first-order chi connectivity index (χ1) is 12.4. The molecule has 7 heteroatoms. The van der Waals surface area contributed by atoms with Gasteiger partial charge in [-0.2, -0.15) is 0 Å². The molecule has 0 radical (unpaired) electrons. The number of anilines is 2. The Kier molecular flexibility index (Phi) is 4.79. The van der Waals surface area contributed by atoms with Crippen LogP contribution < -0.4 is 10.2 Å². The standard InChI is InChI=1S/C19H17N3O4/c1-13(23)20-16-6-2-14(3-7-16)4-9-19(24)21-11-10-15-5-8-17(22(25)26)12-18(15)21/h2-9,12H,10-11H2,1H3,(H,20,23)/b9-4+. The van der Waals surface area contributed by atoms with Crippen LogP contribution >= 0.6 is 0 Å². The summed E-state index contributed by atoms with van der Waals surface area (Å²) in [5.41, 5.74) is 2.99. The van der Waals surface area contributed by atoms with Crippen LogP contribution in [0.5, 0.6) is 0 Å². The van der Waals surface area contributed by atoms with Gasteiger partial charge in [-0.1, -0.05) is 18.2 Å². The van der Waals surface area contributed by atoms with Gasteiger partial charge in [-0.25, -0.2) is 0 Å². The average molecular weight is 351 g/mol. The fraction of sp³-hybridized carbons (Fsp3) is 0.158. The highest BCUT2D eigenvalue weighted by molar-refractivity contribution is 6.05. The second kappa shape index (κ2) is 7.18. The topological polar surface area (TPSA) is 92.6 Å². The number of nitrogens with zero attached hydrogens (tertiary/aromatic N) is 2. The molecule has 1 aliphatic heterocycles. The zero-order valence-corrected chi connectivity index (χ0v) is 14.1. The Bertz CT molecular complexity index is 904. The van der Waals surface area contributed by atoms with Crippen LogP contribution in [0.25, 0.3) is 6.08 Å². The number of carbonyl (C=O) groups is 2. The lowest BCUT2D eigenvalue weighted by molar-refractivity contribution is -0.384. The fourth-order valence-electron chi connectivity index (χ4n) is 2.85. The average Bonchev–Trinajstić information content (AvgIpc) is 3.03. The van der Waals surface area contributed by atoms with E-state index < -0.39 is 4.92 Å². The molecule has 2 amide bonds. The van der Waals surface area contributed by atoms with Gasteiger partial charge in [0.2, 0.25) is 5.91 Å². The highest BCUT2D eigenvalue weighted by Crippen LogP contribution is 2.31. The summed E-state index contributed by atoms with van der Waals surface area (Å²) in [7, 11) is 0. The van der Waals surface area contributed by atoms with Crippen molar-refractivity contribution in [3.63, 3.8) is 0 Å². The van der Waals surface area contributed by atoms with Crippen molar-refractivity contribution in [3.05, 3.63) is 69.8 Å². The number of hydrogen-bond acceptors (Lipinski definition) is 4. The molecule has 132 valence electrons. The van der Waals surface area contributed by atoms with Crippen molar-refractivity contribution in [2.24, 2.45) is 0 Å². The molecule has 0 atom stereocenters. The monoisotopic (exact) mass is 351 g/mol. The third-order valence-electron chi connectivity index (χ3n) is 4.09. The fourth-order valence-corrected chi connectivity index (χ4v) is 2.85. The summed E-state index contributed by atoms with van der Waals surface area (Å²) in [6.45, 7) is 1.94. The van der Waals surface area contributed by atoms with Crippen molar-refractivity contribution in [1.82, 2.24) is 0 Å². The van der Waals surface area contributed by atoms with Crippen LogP contribution in [0, 0.1) is 10.1 Å². The molecule has 0 aromatic heterocycles. The maximum absolute atomic E-state index is 12.5. The van der Waals surface area contributed by atoms with Crippen molar-refractivity contribution in [2.45, 2.75) is 13.3 Å². The minimum Gasteiger partial charge on any atom is -0.326 e. The quantitative estimate of drug-likeness (QED) is 0.520. The van der Waals surface area contributed by atoms with E-state index >= 15 is 0 Å². The predicted octanol–water partition coefficient (Wildman–Crippen LogP) is 3.16. The maximum atomic E-state index is 12.5. The molecular formula is C19H17N3O4. The predicted molar refractivity (Wildman–Crippen MR) is 98.9 cm³/mol. The number of nitrogens with one attached hydrogen (secondary N) is 1. The first kappa shape index (κ1) is 17.3. The van der Waals surface area contributed by atoms with E-state index in [2.05, 4.69) is 5.32 Å². The van der Waals surface area contributed by atoms with E-state index in [4.69, 9.17) is 0 Å². The molecule has 0 bridgehead atoms. The van der Waals surface area contributed by atoms with E-state index in [9.17, 15) is 19.7 Å². The Morgan fingerprint density at radius 3 is 2.58 bits per heavy atom. The SMILES string of the molecule is CC(=O)Nc1ccc(/C=C/C(=O)N2CCc3ccc([N+](=O)[O-])cc32)cc1. The summed E-state index contributed by atoms with van der Waals surface area (Å²) in [6, 6.07) is 11.7. The minimum absolute atomic E-state index is 0.0269. The zero-order chi connectivity index (χ0) is 18.7. The maximum Gasteiger partial charge on any atom is 0.271 e. The molecule has 7 nitrogen and oxygen atoms in total. The summed E-state index contributed by atoms with van der Waals surface area (Å²) < 4.78 is 0. The van der Waals surface area contributed by atoms with Crippen molar-refractivity contribution >= 4 is 35.0 Å². The van der Waals surface area contributed by atoms with Crippen molar-refractivity contribution in [2.75, 3.05) is 16.8 Å². The Hall–Kier alpha value is -3.48. The molecule has 1 heterocycles. The van der Waals surface area contributed by atoms with E-state index in [1.54, 1.807) is 41.3 Å². The number of benzene rings is 2. The molecule has 1 aliphatic rings. The van der Waals surface area contributed by atoms with Gasteiger partial charge in [0, 0.05) is 37.4 Å². The second-order valence-corrected chi connectivity index (χ2v) is 5.95. The number of amides is 2. The minimum atomic E-state index is -0.465. The number of hydrogen-bond donors (Lipinski definition) is 1. The first-order valence-electron chi connectivity index (χ1n) is 8.08. The normalized spacial score (nSPS) is 12.9. The van der Waals surface area contributed by atoms with Gasteiger partial charge in [-0.3, -0.25) is 19.7 Å². The third-order valence-corrected chi connectivity index (χ3v) is 4.09. The summed E-state index contributed by atoms with van der Waals surface area (Å²) in [5, 5.41) is 13.6. The molecule has 2 aromatic carbocycles. The van der Waals surface area contributed by atoms with Crippen molar-refractivity contribution < 1.29 is 14.5 Å². The molecule has 0 saturated heterocycles. The van der Waals surface area contributed by atoms with Crippen molar-refractivity contribution in [1.29, 1.82) is 0 Å². The molecular weight excluding hydrogens is 334 g/mol. The van der Waals surface area contributed by atoms with Gasteiger partial charge < -0.3 is 10.2 Å². The van der Waals surface area contributed by atoms with Crippen LogP contribution in [0.1, 0.15) is 18.1 Å². The second-order valence-electron chi connectivity index (χ2n) is 5.95. The lowest BCUT2D eigenvalue weighted by atomic mass is 10.1. The molecule has 0 spiro atoms. The van der Waals surface area contributed by atoms with Crippen LogP contribution in [0.3, 0.4) is 0 Å². The Morgan fingerprint density at radius 2 is 1.92 bits per heavy atom. The van der Waals surface area contributed by atoms with Gasteiger partial charge in [0.25, 0.3) is 11.6 Å². The largest absolute Gasteiger partial charge is 0.326 e. The van der Waals surface area contributed by atoms with E-state index in [1.807, 2.05) is 0 Å². The van der Waals surface area contributed by atoms with Gasteiger partial charge >= 0.3 is 0 Å². The van der Waals surface area contributed by atoms with Crippen LogP contribution in [-0.4, -0.2) is 23.3 Å². The van der Waals surface area contributed by atoms with Crippen LogP contribution in [0.4, 0.5) is 17.1 Å². The van der Waals surface area contributed by atoms with Gasteiger partial charge in [0.05, 0.1) is 10.6 Å². The summed E-state index contributed by atoms with van der Waals surface area (Å²) in [6.07, 6.45) is 3.80. The molecule has 0 unspecified atom stereocenters. The number of fused-ring (bicyclic) bond motifs is 1. The molecule has 0 saturated carbocycles. The van der Waals surface area contributed by atoms with Crippen LogP contribution in [0.15, 0.2) is 48.5 Å². The number of nitro benzene ring substituents is 1. The molecule has 0 aliphatic carbocycles. The lowest BCUT2D eigenvalue weighted by Gasteiger charge is -2.14. The third kappa shape index (κ3) is 3.77. The molecule has 2 aromatic rings. The molecule has 1 N–H and O–H groups in total. The lowest BCUT2D eigenvalue weighted by Crippen LogP contribution is -2.26. The van der Waals surface area contributed by atoms with Crippen LogP contribution in [-0.2, 0) is 16.0 Å². The highest BCUT2D eigenvalue weighted by Gasteiger charge is 2.25. The summed E-state index contributed by atoms with van der Waals surface area (Å²) in [4.78, 5) is 35.5. The number of carbonyl (C=O) groups excluding carboxylic acids is 2. The molecule has 26 heavy (non-hydrogen) atoms. The number of nitro groups is 1. The van der Waals surface area contributed by atoms with Gasteiger partial charge in [-0.15, -0.1) is 0 Å². The Labute approximate surface area is 150 Å². The van der Waals surface area contributed by atoms with E-state index in [0.29, 0.717) is 24.3 Å². The molecule has 3 rings (SSSR count). The zero-order valence-electron chi connectivity index (χ0n) is 14.1.